The van der Waals surface area contributed by atoms with Gasteiger partial charge in [0.25, 0.3) is 5.91 Å². The minimum absolute atomic E-state index is 0.00151. The molecule has 8 heteroatoms. The second-order valence-corrected chi connectivity index (χ2v) is 4.98. The van der Waals surface area contributed by atoms with Gasteiger partial charge in [0.2, 0.25) is 0 Å². The van der Waals surface area contributed by atoms with Crippen molar-refractivity contribution in [3.05, 3.63) is 51.0 Å². The fraction of sp³-hybridized carbons (Fsp3) is 0.0769. The highest BCUT2D eigenvalue weighted by molar-refractivity contribution is 7.12. The van der Waals surface area contributed by atoms with Gasteiger partial charge in [0.15, 0.2) is 17.5 Å². The van der Waals surface area contributed by atoms with E-state index in [2.05, 4.69) is 5.32 Å². The molecule has 0 saturated carbocycles. The summed E-state index contributed by atoms with van der Waals surface area (Å²) in [6, 6.07) is 1.40. The molecule has 0 fully saturated rings. The number of benzene rings is 1. The highest BCUT2D eigenvalue weighted by atomic mass is 32.1. The van der Waals surface area contributed by atoms with Crippen molar-refractivity contribution in [2.75, 3.05) is 5.32 Å². The monoisotopic (exact) mass is 315 g/mol. The number of carbonyl (C=O) groups is 2. The van der Waals surface area contributed by atoms with E-state index in [1.165, 1.54) is 5.38 Å². The lowest BCUT2D eigenvalue weighted by Crippen LogP contribution is -2.17. The Balaban J connectivity index is 2.38. The number of rotatable bonds is 3. The SMILES string of the molecule is Cc1csc(C(=O)O)c1NC(=O)c1ccc(F)c(F)c1F. The standard InChI is InChI=1S/C13H8F3NO3S/c1-5-4-21-11(13(19)20)10(5)17-12(18)6-2-3-7(14)9(16)8(6)15/h2-4H,1H3,(H,17,18)(H,19,20). The van der Waals surface area contributed by atoms with Crippen LogP contribution >= 0.6 is 11.3 Å². The molecule has 1 aromatic carbocycles. The summed E-state index contributed by atoms with van der Waals surface area (Å²) in [5, 5.41) is 12.7. The minimum atomic E-state index is -1.76. The Hall–Kier alpha value is -2.35. The molecule has 0 unspecified atom stereocenters. The number of aryl methyl sites for hydroxylation is 1. The molecular weight excluding hydrogens is 307 g/mol. The van der Waals surface area contributed by atoms with Gasteiger partial charge in [-0.15, -0.1) is 11.3 Å². The average molecular weight is 315 g/mol. The maximum atomic E-state index is 13.5. The molecule has 0 spiro atoms. The van der Waals surface area contributed by atoms with E-state index < -0.39 is 34.9 Å². The van der Waals surface area contributed by atoms with Crippen LogP contribution in [0.4, 0.5) is 18.9 Å². The van der Waals surface area contributed by atoms with E-state index in [0.717, 1.165) is 17.4 Å². The van der Waals surface area contributed by atoms with Gasteiger partial charge in [0, 0.05) is 0 Å². The summed E-state index contributed by atoms with van der Waals surface area (Å²) in [7, 11) is 0. The van der Waals surface area contributed by atoms with E-state index in [0.29, 0.717) is 11.6 Å². The number of hydrogen-bond acceptors (Lipinski definition) is 3. The summed E-state index contributed by atoms with van der Waals surface area (Å²) in [6.45, 7) is 1.56. The Bertz CT molecular complexity index is 743. The van der Waals surface area contributed by atoms with Gasteiger partial charge in [-0.3, -0.25) is 4.79 Å². The Kier molecular flexibility index (Phi) is 3.99. The number of aromatic carboxylic acids is 1. The molecule has 0 aliphatic heterocycles. The maximum Gasteiger partial charge on any atom is 0.348 e. The van der Waals surface area contributed by atoms with Crippen molar-refractivity contribution in [3.8, 4) is 0 Å². The predicted molar refractivity (Wildman–Crippen MR) is 70.3 cm³/mol. The number of carboxylic acid groups (broad SMARTS) is 1. The number of anilines is 1. The van der Waals surface area contributed by atoms with Crippen molar-refractivity contribution in [1.29, 1.82) is 0 Å². The molecule has 2 rings (SSSR count). The number of halogens is 3. The highest BCUT2D eigenvalue weighted by Gasteiger charge is 2.22. The van der Waals surface area contributed by atoms with Crippen molar-refractivity contribution in [3.63, 3.8) is 0 Å². The fourth-order valence-electron chi connectivity index (χ4n) is 1.64. The first kappa shape index (κ1) is 15.0. The molecule has 1 aromatic heterocycles. The third-order valence-electron chi connectivity index (χ3n) is 2.69. The molecule has 21 heavy (non-hydrogen) atoms. The van der Waals surface area contributed by atoms with Gasteiger partial charge in [0.05, 0.1) is 11.3 Å². The molecule has 0 atom stereocenters. The van der Waals surface area contributed by atoms with Crippen LogP contribution in [0.1, 0.15) is 25.6 Å². The van der Waals surface area contributed by atoms with Crippen LogP contribution in [0, 0.1) is 24.4 Å². The van der Waals surface area contributed by atoms with Crippen molar-refractivity contribution in [2.45, 2.75) is 6.92 Å². The first-order chi connectivity index (χ1) is 9.82. The van der Waals surface area contributed by atoms with Gasteiger partial charge < -0.3 is 10.4 Å². The molecular formula is C13H8F3NO3S. The predicted octanol–water partition coefficient (Wildman–Crippen LogP) is 3.42. The molecule has 110 valence electrons. The van der Waals surface area contributed by atoms with E-state index >= 15 is 0 Å². The molecule has 0 aliphatic carbocycles. The number of carboxylic acids is 1. The zero-order valence-corrected chi connectivity index (χ0v) is 11.4. The molecule has 2 aromatic rings. The summed E-state index contributed by atoms with van der Waals surface area (Å²) in [6.07, 6.45) is 0. The maximum absolute atomic E-state index is 13.5. The van der Waals surface area contributed by atoms with Crippen molar-refractivity contribution >= 4 is 28.9 Å². The Labute approximate surface area is 120 Å². The van der Waals surface area contributed by atoms with E-state index in [4.69, 9.17) is 5.11 Å². The van der Waals surface area contributed by atoms with Crippen LogP contribution in [0.2, 0.25) is 0 Å². The summed E-state index contributed by atoms with van der Waals surface area (Å²) in [5.41, 5.74) is -0.244. The Morgan fingerprint density at radius 2 is 1.86 bits per heavy atom. The van der Waals surface area contributed by atoms with Gasteiger partial charge in [-0.25, -0.2) is 18.0 Å². The first-order valence-corrected chi connectivity index (χ1v) is 6.47. The molecule has 0 aliphatic rings. The van der Waals surface area contributed by atoms with Gasteiger partial charge in [-0.05, 0) is 30.0 Å². The lowest BCUT2D eigenvalue weighted by Gasteiger charge is -2.08. The quantitative estimate of drug-likeness (QED) is 0.853. The van der Waals surface area contributed by atoms with Crippen LogP contribution in [0.3, 0.4) is 0 Å². The first-order valence-electron chi connectivity index (χ1n) is 5.59. The van der Waals surface area contributed by atoms with Crippen LogP contribution in [0.15, 0.2) is 17.5 Å². The topological polar surface area (TPSA) is 66.4 Å². The van der Waals surface area contributed by atoms with E-state index in [-0.39, 0.29) is 10.6 Å². The summed E-state index contributed by atoms with van der Waals surface area (Å²) in [5.74, 6) is -7.12. The van der Waals surface area contributed by atoms with Gasteiger partial charge >= 0.3 is 5.97 Å². The van der Waals surface area contributed by atoms with Crippen LogP contribution < -0.4 is 5.32 Å². The van der Waals surface area contributed by atoms with Crippen LogP contribution in [0.5, 0.6) is 0 Å². The number of thiophene rings is 1. The smallest absolute Gasteiger partial charge is 0.348 e. The van der Waals surface area contributed by atoms with E-state index in [1.807, 2.05) is 0 Å². The summed E-state index contributed by atoms with van der Waals surface area (Å²) in [4.78, 5) is 22.8. The largest absolute Gasteiger partial charge is 0.477 e. The number of nitrogens with one attached hydrogen (secondary N) is 1. The molecule has 1 heterocycles. The van der Waals surface area contributed by atoms with Crippen LogP contribution in [-0.2, 0) is 0 Å². The second kappa shape index (κ2) is 5.57. The Morgan fingerprint density at radius 1 is 1.19 bits per heavy atom. The highest BCUT2D eigenvalue weighted by Crippen LogP contribution is 2.28. The summed E-state index contributed by atoms with van der Waals surface area (Å²) >= 11 is 0.889. The van der Waals surface area contributed by atoms with E-state index in [9.17, 15) is 22.8 Å². The molecule has 4 nitrogen and oxygen atoms in total. The molecule has 1 amide bonds. The van der Waals surface area contributed by atoms with Crippen LogP contribution in [-0.4, -0.2) is 17.0 Å². The van der Waals surface area contributed by atoms with Crippen LogP contribution in [0.25, 0.3) is 0 Å². The zero-order chi connectivity index (χ0) is 15.7. The van der Waals surface area contributed by atoms with Crippen molar-refractivity contribution in [2.24, 2.45) is 0 Å². The van der Waals surface area contributed by atoms with Gasteiger partial charge in [-0.2, -0.15) is 0 Å². The number of amides is 1. The van der Waals surface area contributed by atoms with Gasteiger partial charge in [0.1, 0.15) is 4.88 Å². The molecule has 0 radical (unpaired) electrons. The third-order valence-corrected chi connectivity index (χ3v) is 3.77. The van der Waals surface area contributed by atoms with Gasteiger partial charge in [-0.1, -0.05) is 0 Å². The van der Waals surface area contributed by atoms with Crippen molar-refractivity contribution in [1.82, 2.24) is 0 Å². The molecule has 0 bridgehead atoms. The van der Waals surface area contributed by atoms with Crippen molar-refractivity contribution < 1.29 is 27.9 Å². The lowest BCUT2D eigenvalue weighted by molar-refractivity contribution is 0.0703. The Morgan fingerprint density at radius 3 is 2.48 bits per heavy atom. The second-order valence-electron chi connectivity index (χ2n) is 4.11. The fourth-order valence-corrected chi connectivity index (χ4v) is 2.48. The van der Waals surface area contributed by atoms with E-state index in [1.54, 1.807) is 6.92 Å². The number of carbonyl (C=O) groups excluding carboxylic acids is 1. The normalized spacial score (nSPS) is 10.5. The third kappa shape index (κ3) is 2.75. The molecule has 2 N–H and O–H groups in total. The summed E-state index contributed by atoms with van der Waals surface area (Å²) < 4.78 is 39.4. The molecule has 0 saturated heterocycles. The zero-order valence-electron chi connectivity index (χ0n) is 10.5. The minimum Gasteiger partial charge on any atom is -0.477 e. The lowest BCUT2D eigenvalue weighted by atomic mass is 10.1. The average Bonchev–Trinajstić information content (AvgIpc) is 2.78. The number of hydrogen-bond donors (Lipinski definition) is 2.